The number of carbonyl (C=O) groups excluding carboxylic acids is 1. The fraction of sp³-hybridized carbons (Fsp3) is 0.222. The maximum atomic E-state index is 10.6. The van der Waals surface area contributed by atoms with E-state index in [1.807, 2.05) is 19.1 Å². The third-order valence-corrected chi connectivity index (χ3v) is 2.06. The topological polar surface area (TPSA) is 43.1 Å². The molecule has 0 fully saturated rings. The summed E-state index contributed by atoms with van der Waals surface area (Å²) in [6, 6.07) is 5.51. The van der Waals surface area contributed by atoms with Crippen molar-refractivity contribution in [2.45, 2.75) is 13.3 Å². The maximum Gasteiger partial charge on any atom is 0.221 e. The first-order valence-electron chi connectivity index (χ1n) is 3.63. The standard InChI is InChI=1S/C9H10ClNO/c1-6-3-2-4-8(10)7(6)5-9(11)12/h2-4H,5H2,1H3,(H2,11,12). The highest BCUT2D eigenvalue weighted by Crippen LogP contribution is 2.19. The zero-order valence-electron chi connectivity index (χ0n) is 6.80. The maximum absolute atomic E-state index is 10.6. The van der Waals surface area contributed by atoms with Gasteiger partial charge in [0.25, 0.3) is 0 Å². The van der Waals surface area contributed by atoms with Crippen LogP contribution in [0.2, 0.25) is 5.02 Å². The van der Waals surface area contributed by atoms with Gasteiger partial charge in [-0.2, -0.15) is 0 Å². The van der Waals surface area contributed by atoms with Gasteiger partial charge in [0.1, 0.15) is 0 Å². The van der Waals surface area contributed by atoms with Crippen molar-refractivity contribution in [2.75, 3.05) is 0 Å². The van der Waals surface area contributed by atoms with Crippen LogP contribution < -0.4 is 5.73 Å². The second-order valence-electron chi connectivity index (χ2n) is 2.68. The largest absolute Gasteiger partial charge is 0.369 e. The van der Waals surface area contributed by atoms with Crippen LogP contribution in [0.15, 0.2) is 18.2 Å². The Bertz CT molecular complexity index is 289. The Morgan fingerprint density at radius 2 is 2.25 bits per heavy atom. The molecule has 1 aromatic carbocycles. The first-order valence-corrected chi connectivity index (χ1v) is 4.01. The van der Waals surface area contributed by atoms with Gasteiger partial charge in [-0.25, -0.2) is 0 Å². The molecule has 1 rings (SSSR count). The molecule has 12 heavy (non-hydrogen) atoms. The number of hydrogen-bond donors (Lipinski definition) is 1. The third kappa shape index (κ3) is 1.98. The summed E-state index contributed by atoms with van der Waals surface area (Å²) in [6.07, 6.45) is 0.214. The van der Waals surface area contributed by atoms with Gasteiger partial charge in [0.2, 0.25) is 5.91 Å². The van der Waals surface area contributed by atoms with Crippen molar-refractivity contribution in [3.63, 3.8) is 0 Å². The first-order chi connectivity index (χ1) is 5.61. The number of aryl methyl sites for hydroxylation is 1. The molecule has 0 saturated carbocycles. The minimum Gasteiger partial charge on any atom is -0.369 e. The lowest BCUT2D eigenvalue weighted by molar-refractivity contribution is -0.117. The minimum atomic E-state index is -0.355. The molecule has 2 N–H and O–H groups in total. The summed E-state index contributed by atoms with van der Waals surface area (Å²) in [7, 11) is 0. The van der Waals surface area contributed by atoms with Crippen LogP contribution in [0.3, 0.4) is 0 Å². The summed E-state index contributed by atoms with van der Waals surface area (Å²) < 4.78 is 0. The van der Waals surface area contributed by atoms with Crippen LogP contribution in [-0.4, -0.2) is 5.91 Å². The van der Waals surface area contributed by atoms with E-state index in [1.54, 1.807) is 6.07 Å². The molecule has 0 aromatic heterocycles. The van der Waals surface area contributed by atoms with Crippen LogP contribution in [0.5, 0.6) is 0 Å². The number of halogens is 1. The van der Waals surface area contributed by atoms with E-state index in [9.17, 15) is 4.79 Å². The monoisotopic (exact) mass is 183 g/mol. The van der Waals surface area contributed by atoms with Crippen molar-refractivity contribution in [1.29, 1.82) is 0 Å². The predicted octanol–water partition coefficient (Wildman–Crippen LogP) is 1.68. The molecule has 64 valence electrons. The van der Waals surface area contributed by atoms with Crippen molar-refractivity contribution in [3.8, 4) is 0 Å². The third-order valence-electron chi connectivity index (χ3n) is 1.70. The van der Waals surface area contributed by atoms with Crippen molar-refractivity contribution in [2.24, 2.45) is 5.73 Å². The molecule has 1 aromatic rings. The Morgan fingerprint density at radius 3 is 2.75 bits per heavy atom. The number of nitrogens with two attached hydrogens (primary N) is 1. The van der Waals surface area contributed by atoms with E-state index >= 15 is 0 Å². The SMILES string of the molecule is Cc1cccc(Cl)c1CC(N)=O. The molecule has 0 bridgehead atoms. The molecule has 1 amide bonds. The van der Waals surface area contributed by atoms with Crippen LogP contribution in [0.1, 0.15) is 11.1 Å². The number of hydrogen-bond acceptors (Lipinski definition) is 1. The molecule has 0 aliphatic rings. The number of carbonyl (C=O) groups is 1. The molecular weight excluding hydrogens is 174 g/mol. The van der Waals surface area contributed by atoms with Crippen molar-refractivity contribution >= 4 is 17.5 Å². The lowest BCUT2D eigenvalue weighted by Crippen LogP contribution is -2.14. The summed E-state index contributed by atoms with van der Waals surface area (Å²) in [4.78, 5) is 10.6. The molecule has 0 radical (unpaired) electrons. The highest BCUT2D eigenvalue weighted by molar-refractivity contribution is 6.31. The molecule has 0 aliphatic heterocycles. The fourth-order valence-electron chi connectivity index (χ4n) is 1.06. The van der Waals surface area contributed by atoms with Crippen LogP contribution in [0.25, 0.3) is 0 Å². The van der Waals surface area contributed by atoms with Crippen LogP contribution in [0.4, 0.5) is 0 Å². The normalized spacial score (nSPS) is 9.83. The van der Waals surface area contributed by atoms with Crippen molar-refractivity contribution in [3.05, 3.63) is 34.3 Å². The van der Waals surface area contributed by atoms with Crippen LogP contribution in [-0.2, 0) is 11.2 Å². The summed E-state index contributed by atoms with van der Waals surface area (Å²) in [5.41, 5.74) is 6.89. The number of rotatable bonds is 2. The summed E-state index contributed by atoms with van der Waals surface area (Å²) in [5.74, 6) is -0.355. The molecule has 0 unspecified atom stereocenters. The number of amides is 1. The van der Waals surface area contributed by atoms with Gasteiger partial charge in [0.15, 0.2) is 0 Å². The van der Waals surface area contributed by atoms with Crippen LogP contribution >= 0.6 is 11.6 Å². The fourth-order valence-corrected chi connectivity index (χ4v) is 1.35. The molecule has 3 heteroatoms. The Balaban J connectivity index is 3.04. The van der Waals surface area contributed by atoms with E-state index < -0.39 is 0 Å². The van der Waals surface area contributed by atoms with Gasteiger partial charge in [-0.1, -0.05) is 23.7 Å². The molecule has 0 atom stereocenters. The van der Waals surface area contributed by atoms with E-state index in [0.717, 1.165) is 11.1 Å². The van der Waals surface area contributed by atoms with E-state index in [2.05, 4.69) is 0 Å². The van der Waals surface area contributed by atoms with E-state index in [0.29, 0.717) is 5.02 Å². The average molecular weight is 184 g/mol. The Labute approximate surface area is 76.3 Å². The lowest BCUT2D eigenvalue weighted by Gasteiger charge is -2.04. The van der Waals surface area contributed by atoms with E-state index in [-0.39, 0.29) is 12.3 Å². The van der Waals surface area contributed by atoms with Gasteiger partial charge >= 0.3 is 0 Å². The van der Waals surface area contributed by atoms with Gasteiger partial charge < -0.3 is 5.73 Å². The molecule has 0 aliphatic carbocycles. The van der Waals surface area contributed by atoms with Crippen molar-refractivity contribution in [1.82, 2.24) is 0 Å². The van der Waals surface area contributed by atoms with Gasteiger partial charge in [-0.05, 0) is 24.1 Å². The second kappa shape index (κ2) is 3.59. The first kappa shape index (κ1) is 9.07. The van der Waals surface area contributed by atoms with Gasteiger partial charge in [0, 0.05) is 5.02 Å². The number of primary amides is 1. The Hall–Kier alpha value is -1.02. The van der Waals surface area contributed by atoms with Gasteiger partial charge in [-0.15, -0.1) is 0 Å². The minimum absolute atomic E-state index is 0.214. The van der Waals surface area contributed by atoms with Gasteiger partial charge in [-0.3, -0.25) is 4.79 Å². The molecular formula is C9H10ClNO. The highest BCUT2D eigenvalue weighted by atomic mass is 35.5. The summed E-state index contributed by atoms with van der Waals surface area (Å²) in [6.45, 7) is 1.91. The number of benzene rings is 1. The second-order valence-corrected chi connectivity index (χ2v) is 3.09. The zero-order chi connectivity index (χ0) is 9.14. The van der Waals surface area contributed by atoms with E-state index in [1.165, 1.54) is 0 Å². The Morgan fingerprint density at radius 1 is 1.58 bits per heavy atom. The summed E-state index contributed by atoms with van der Waals surface area (Å²) in [5, 5.41) is 0.605. The smallest absolute Gasteiger partial charge is 0.221 e. The Kier molecular flexibility index (Phi) is 2.71. The molecule has 0 saturated heterocycles. The average Bonchev–Trinajstić information content (AvgIpc) is 1.97. The van der Waals surface area contributed by atoms with Gasteiger partial charge in [0.05, 0.1) is 6.42 Å². The summed E-state index contributed by atoms with van der Waals surface area (Å²) >= 11 is 5.87. The molecule has 0 spiro atoms. The van der Waals surface area contributed by atoms with Crippen molar-refractivity contribution < 1.29 is 4.79 Å². The zero-order valence-corrected chi connectivity index (χ0v) is 7.56. The highest BCUT2D eigenvalue weighted by Gasteiger charge is 2.05. The van der Waals surface area contributed by atoms with E-state index in [4.69, 9.17) is 17.3 Å². The molecule has 0 heterocycles. The molecule has 2 nitrogen and oxygen atoms in total. The lowest BCUT2D eigenvalue weighted by atomic mass is 10.1. The predicted molar refractivity (Wildman–Crippen MR) is 49.1 cm³/mol. The van der Waals surface area contributed by atoms with Crippen LogP contribution in [0, 0.1) is 6.92 Å². The quantitative estimate of drug-likeness (QED) is 0.745.